The van der Waals surface area contributed by atoms with Crippen LogP contribution in [0.5, 0.6) is 0 Å². The summed E-state index contributed by atoms with van der Waals surface area (Å²) in [5, 5.41) is 4.83. The smallest absolute Gasteiger partial charge is 0.358 e. The minimum atomic E-state index is -0.616. The van der Waals surface area contributed by atoms with Crippen molar-refractivity contribution in [1.29, 1.82) is 0 Å². The largest absolute Gasteiger partial charge is 0.464 e. The highest BCUT2D eigenvalue weighted by Gasteiger charge is 2.20. The quantitative estimate of drug-likeness (QED) is 0.219. The van der Waals surface area contributed by atoms with Crippen LogP contribution in [0, 0.1) is 13.8 Å². The van der Waals surface area contributed by atoms with Gasteiger partial charge >= 0.3 is 5.97 Å². The highest BCUT2D eigenvalue weighted by atomic mass is 35.5. The molecule has 0 bridgehead atoms. The lowest BCUT2D eigenvalue weighted by atomic mass is 10.0. The molecule has 1 atom stereocenters. The predicted molar refractivity (Wildman–Crippen MR) is 141 cm³/mol. The fraction of sp³-hybridized carbons (Fsp3) is 0.192. The Morgan fingerprint density at radius 2 is 1.92 bits per heavy atom. The van der Waals surface area contributed by atoms with Crippen LogP contribution in [0.4, 0.5) is 5.69 Å². The van der Waals surface area contributed by atoms with E-state index in [1.165, 1.54) is 24.5 Å². The van der Waals surface area contributed by atoms with Gasteiger partial charge in [-0.25, -0.2) is 19.7 Å². The third kappa shape index (κ3) is 4.43. The molecule has 0 aliphatic heterocycles. The second-order valence-corrected chi connectivity index (χ2v) is 9.92. The number of carbonyl (C=O) groups excluding carboxylic acids is 1. The third-order valence-electron chi connectivity index (χ3n) is 5.70. The summed E-state index contributed by atoms with van der Waals surface area (Å²) in [6.07, 6.45) is 0. The maximum atomic E-state index is 13.1. The molecular weight excluding hydrogens is 500 g/mol. The fourth-order valence-electron chi connectivity index (χ4n) is 4.06. The number of nitrogens with one attached hydrogen (secondary N) is 1. The number of esters is 1. The van der Waals surface area contributed by atoms with E-state index in [0.29, 0.717) is 28.1 Å². The Hall–Kier alpha value is -3.82. The van der Waals surface area contributed by atoms with Gasteiger partial charge in [0.1, 0.15) is 26.8 Å². The van der Waals surface area contributed by atoms with Gasteiger partial charge in [0.15, 0.2) is 16.9 Å². The van der Waals surface area contributed by atoms with Crippen molar-refractivity contribution in [3.63, 3.8) is 0 Å². The van der Waals surface area contributed by atoms with E-state index in [2.05, 4.69) is 20.3 Å². The highest BCUT2D eigenvalue weighted by molar-refractivity contribution is 7.18. The molecule has 0 saturated carbocycles. The number of thiazole rings is 1. The van der Waals surface area contributed by atoms with Crippen LogP contribution in [0.15, 0.2) is 51.7 Å². The van der Waals surface area contributed by atoms with Crippen molar-refractivity contribution in [3.8, 4) is 11.5 Å². The second kappa shape index (κ2) is 9.33. The van der Waals surface area contributed by atoms with E-state index in [4.69, 9.17) is 20.8 Å². The molecule has 0 saturated heterocycles. The molecule has 5 rings (SSSR count). The van der Waals surface area contributed by atoms with Gasteiger partial charge in [-0.1, -0.05) is 29.0 Å². The minimum absolute atomic E-state index is 0.0632. The van der Waals surface area contributed by atoms with Gasteiger partial charge in [-0.3, -0.25) is 4.79 Å². The van der Waals surface area contributed by atoms with Crippen LogP contribution in [0.3, 0.4) is 0 Å². The molecule has 1 aromatic carbocycles. The number of aromatic nitrogens is 3. The Morgan fingerprint density at radius 1 is 1.11 bits per heavy atom. The van der Waals surface area contributed by atoms with E-state index in [9.17, 15) is 9.59 Å². The highest BCUT2D eigenvalue weighted by Crippen LogP contribution is 2.32. The zero-order valence-corrected chi connectivity index (χ0v) is 21.5. The van der Waals surface area contributed by atoms with E-state index < -0.39 is 5.97 Å². The molecule has 0 fully saturated rings. The number of nitrogens with zero attached hydrogens (tertiary/aromatic N) is 3. The number of ether oxygens (including phenoxy) is 1. The van der Waals surface area contributed by atoms with E-state index in [1.54, 1.807) is 24.3 Å². The lowest BCUT2D eigenvalue weighted by Gasteiger charge is -2.19. The second-order valence-electron chi connectivity index (χ2n) is 8.35. The van der Waals surface area contributed by atoms with Gasteiger partial charge in [0.2, 0.25) is 0 Å². The summed E-state index contributed by atoms with van der Waals surface area (Å²) >= 11 is 7.48. The molecule has 0 spiro atoms. The minimum Gasteiger partial charge on any atom is -0.464 e. The number of benzene rings is 1. The number of aryl methyl sites for hydroxylation is 2. The van der Waals surface area contributed by atoms with Gasteiger partial charge in [0.05, 0.1) is 29.2 Å². The molecule has 1 N–H and O–H groups in total. The maximum Gasteiger partial charge on any atom is 0.358 e. The molecule has 4 heterocycles. The first kappa shape index (κ1) is 23.9. The summed E-state index contributed by atoms with van der Waals surface area (Å²) in [5.74, 6) is -0.254. The fourth-order valence-corrected chi connectivity index (χ4v) is 4.99. The number of fused-ring (bicyclic) bond motifs is 2. The predicted octanol–water partition coefficient (Wildman–Crippen LogP) is 6.09. The van der Waals surface area contributed by atoms with Crippen LogP contribution in [0.2, 0.25) is 5.15 Å². The van der Waals surface area contributed by atoms with E-state index in [1.807, 2.05) is 32.9 Å². The summed E-state index contributed by atoms with van der Waals surface area (Å²) in [5.41, 5.74) is 3.76. The van der Waals surface area contributed by atoms with Crippen molar-refractivity contribution < 1.29 is 13.9 Å². The Labute approximate surface area is 214 Å². The summed E-state index contributed by atoms with van der Waals surface area (Å²) in [6, 6.07) is 11.7. The van der Waals surface area contributed by atoms with Gasteiger partial charge in [-0.05, 0) is 56.7 Å². The van der Waals surface area contributed by atoms with Crippen molar-refractivity contribution in [2.75, 3.05) is 12.4 Å². The molecule has 0 unspecified atom stereocenters. The number of halogens is 1. The summed E-state index contributed by atoms with van der Waals surface area (Å²) in [4.78, 5) is 39.4. The van der Waals surface area contributed by atoms with Crippen molar-refractivity contribution >= 4 is 55.9 Å². The number of hydrogen-bond donors (Lipinski definition) is 1. The van der Waals surface area contributed by atoms with Gasteiger partial charge in [0, 0.05) is 11.6 Å². The molecule has 5 aromatic rings. The number of rotatable bonds is 5. The molecule has 0 amide bonds. The van der Waals surface area contributed by atoms with Gasteiger partial charge < -0.3 is 14.5 Å². The van der Waals surface area contributed by atoms with Crippen molar-refractivity contribution in [1.82, 2.24) is 15.0 Å². The van der Waals surface area contributed by atoms with E-state index in [-0.39, 0.29) is 22.3 Å². The molecule has 0 aliphatic carbocycles. The van der Waals surface area contributed by atoms with Crippen LogP contribution in [-0.4, -0.2) is 28.0 Å². The summed E-state index contributed by atoms with van der Waals surface area (Å²) < 4.78 is 11.2. The molecule has 182 valence electrons. The first-order valence-corrected chi connectivity index (χ1v) is 12.3. The topological polar surface area (TPSA) is 107 Å². The van der Waals surface area contributed by atoms with Crippen molar-refractivity contribution in [2.24, 2.45) is 0 Å². The van der Waals surface area contributed by atoms with E-state index >= 15 is 0 Å². The summed E-state index contributed by atoms with van der Waals surface area (Å²) in [6.45, 7) is 5.74. The Morgan fingerprint density at radius 3 is 2.69 bits per heavy atom. The zero-order valence-electron chi connectivity index (χ0n) is 19.9. The maximum absolute atomic E-state index is 13.1. The summed E-state index contributed by atoms with van der Waals surface area (Å²) in [7, 11) is 1.28. The van der Waals surface area contributed by atoms with Crippen LogP contribution < -0.4 is 10.7 Å². The Bertz CT molecular complexity index is 1710. The molecule has 0 aliphatic rings. The van der Waals surface area contributed by atoms with Crippen LogP contribution in [0.1, 0.15) is 39.6 Å². The lowest BCUT2D eigenvalue weighted by Crippen LogP contribution is -2.14. The van der Waals surface area contributed by atoms with Crippen LogP contribution in [-0.2, 0) is 4.74 Å². The molecule has 36 heavy (non-hydrogen) atoms. The molecular formula is C26H21ClN4O4S. The molecule has 8 nitrogen and oxygen atoms in total. The van der Waals surface area contributed by atoms with Crippen LogP contribution >= 0.6 is 22.9 Å². The third-order valence-corrected chi connectivity index (χ3v) is 6.79. The van der Waals surface area contributed by atoms with Crippen LogP contribution in [0.25, 0.3) is 32.8 Å². The Kier molecular flexibility index (Phi) is 6.19. The van der Waals surface area contributed by atoms with Gasteiger partial charge in [-0.15, -0.1) is 0 Å². The molecule has 10 heteroatoms. The van der Waals surface area contributed by atoms with Crippen molar-refractivity contribution in [3.05, 3.63) is 79.7 Å². The standard InChI is InChI=1S/C26H21ClN4O4S/c1-12-9-15(13(2)28-18-7-8-22(27)31-23(18)26(33)34-4)24-16(10-12)20(32)11-21(35-24)17-5-6-19-25(30-17)36-14(3)29-19/h5-11,13,28H,1-4H3/t13-/m1/s1. The first-order chi connectivity index (χ1) is 17.2. The van der Waals surface area contributed by atoms with Gasteiger partial charge in [0.25, 0.3) is 0 Å². The monoisotopic (exact) mass is 520 g/mol. The zero-order chi connectivity index (χ0) is 25.6. The number of anilines is 1. The number of pyridine rings is 2. The first-order valence-electron chi connectivity index (χ1n) is 11.1. The van der Waals surface area contributed by atoms with Gasteiger partial charge in [-0.2, -0.15) is 0 Å². The average Bonchev–Trinajstić information content (AvgIpc) is 3.23. The molecule has 0 radical (unpaired) electrons. The number of carbonyl (C=O) groups is 1. The SMILES string of the molecule is COC(=O)c1nc(Cl)ccc1N[C@H](C)c1cc(C)cc2c(=O)cc(-c3ccc4nc(C)sc4n3)oc12. The molecule has 4 aromatic heterocycles. The lowest BCUT2D eigenvalue weighted by molar-refractivity contribution is 0.0595. The number of hydrogen-bond acceptors (Lipinski definition) is 9. The van der Waals surface area contributed by atoms with E-state index in [0.717, 1.165) is 26.5 Å². The Balaban J connectivity index is 1.62. The normalized spacial score (nSPS) is 12.1. The van der Waals surface area contributed by atoms with Crippen molar-refractivity contribution in [2.45, 2.75) is 26.8 Å². The average molecular weight is 521 g/mol. The number of methoxy groups -OCH3 is 1.